The van der Waals surface area contributed by atoms with Crippen molar-refractivity contribution < 1.29 is 32.3 Å². The van der Waals surface area contributed by atoms with Gasteiger partial charge in [0.15, 0.2) is 0 Å². The summed E-state index contributed by atoms with van der Waals surface area (Å²) in [4.78, 5) is 46.7. The lowest BCUT2D eigenvalue weighted by atomic mass is 9.93. The molecule has 1 saturated carbocycles. The van der Waals surface area contributed by atoms with E-state index >= 15 is 0 Å². The molecule has 0 radical (unpaired) electrons. The van der Waals surface area contributed by atoms with Gasteiger partial charge in [-0.2, -0.15) is 0 Å². The molecule has 3 aromatic carbocycles. The second-order valence-corrected chi connectivity index (χ2v) is 18.7. The van der Waals surface area contributed by atoms with E-state index in [0.29, 0.717) is 59.9 Å². The average molecular weight is 883 g/mol. The minimum Gasteiger partial charge on any atom is -0.455 e. The zero-order valence-corrected chi connectivity index (χ0v) is 36.1. The fourth-order valence-electron chi connectivity index (χ4n) is 8.65. The van der Waals surface area contributed by atoms with Crippen molar-refractivity contribution in [2.24, 2.45) is 11.8 Å². The van der Waals surface area contributed by atoms with Crippen LogP contribution in [0.1, 0.15) is 47.2 Å². The lowest BCUT2D eigenvalue weighted by Crippen LogP contribution is -2.54. The maximum absolute atomic E-state index is 14.0. The first kappa shape index (κ1) is 41.9. The molecule has 3 fully saturated rings. The summed E-state index contributed by atoms with van der Waals surface area (Å²) < 4.78 is 41.7. The Morgan fingerprint density at radius 3 is 2.55 bits per heavy atom. The van der Waals surface area contributed by atoms with Gasteiger partial charge in [0.1, 0.15) is 17.1 Å². The molecule has 4 N–H and O–H groups in total. The number of carbonyl (C=O) groups excluding carboxylic acids is 2. The van der Waals surface area contributed by atoms with Crippen molar-refractivity contribution in [2.45, 2.75) is 49.6 Å². The summed E-state index contributed by atoms with van der Waals surface area (Å²) in [5, 5.41) is 4.92. The van der Waals surface area contributed by atoms with E-state index in [-0.39, 0.29) is 34.1 Å². The maximum Gasteiger partial charge on any atom is 0.268 e. The van der Waals surface area contributed by atoms with Gasteiger partial charge in [0, 0.05) is 99.3 Å². The number of aromatic nitrogens is 2. The molecular weight excluding hydrogens is 832 g/mol. The molecule has 15 nitrogen and oxygen atoms in total. The number of hydrogen-bond donors (Lipinski definition) is 4. The minimum atomic E-state index is -4.35. The van der Waals surface area contributed by atoms with E-state index in [4.69, 9.17) is 25.9 Å². The summed E-state index contributed by atoms with van der Waals surface area (Å²) in [5.74, 6) is 0.531. The lowest BCUT2D eigenvalue weighted by Gasteiger charge is -2.42. The number of benzene rings is 3. The van der Waals surface area contributed by atoms with E-state index in [9.17, 15) is 18.0 Å². The van der Waals surface area contributed by atoms with E-state index in [0.717, 1.165) is 81.6 Å². The van der Waals surface area contributed by atoms with Crippen LogP contribution in [0.15, 0.2) is 84.0 Å². The zero-order chi connectivity index (χ0) is 42.8. The number of anilines is 3. The SMILES string of the molecule is CONc1cc(S(=O)(=O)NC(=O)c2ccc(N3CCN(CC4Cc5cc(Cl)ccc5CN4C(=O)C4CC4)CC3)cc2Oc2cnc3[nH]ccc3c2)ccc1NCC1CCOCC1. The Bertz CT molecular complexity index is 2550. The quantitative estimate of drug-likeness (QED) is 0.0904. The van der Waals surface area contributed by atoms with Crippen LogP contribution >= 0.6 is 11.6 Å². The monoisotopic (exact) mass is 882 g/mol. The highest BCUT2D eigenvalue weighted by Crippen LogP contribution is 2.36. The fraction of sp³-hybridized carbons (Fsp3) is 0.400. The average Bonchev–Trinajstić information content (AvgIpc) is 4.03. The predicted molar refractivity (Wildman–Crippen MR) is 237 cm³/mol. The molecule has 9 rings (SSSR count). The summed E-state index contributed by atoms with van der Waals surface area (Å²) >= 11 is 6.38. The van der Waals surface area contributed by atoms with Gasteiger partial charge in [-0.15, -0.1) is 0 Å². The number of piperazine rings is 1. The van der Waals surface area contributed by atoms with Crippen molar-refractivity contribution in [3.05, 3.63) is 101 Å². The maximum atomic E-state index is 14.0. The van der Waals surface area contributed by atoms with Crippen LogP contribution in [0.3, 0.4) is 0 Å². The Morgan fingerprint density at radius 2 is 1.76 bits per heavy atom. The Balaban J connectivity index is 0.913. The number of fused-ring (bicyclic) bond motifs is 2. The first-order valence-corrected chi connectivity index (χ1v) is 23.1. The minimum absolute atomic E-state index is 0.0354. The predicted octanol–water partition coefficient (Wildman–Crippen LogP) is 6.42. The standard InChI is InChI=1S/C45H51ClN8O7S/c1-59-50-41-24-38(7-9-40(41)48-25-29-11-18-60-19-12-29)62(57,58)51-44(55)39-8-6-35(23-42(39)61-37-22-31-10-13-47-43(31)49-26-37)53-16-14-52(15-17-53)28-36-21-33-20-34(46)5-4-32(33)27-54(36)45(56)30-2-3-30/h4-10,13,20,22-24,26,29-30,36,48,50H,2-3,11-12,14-19,21,25,27-28H2,1H3,(H,47,49)(H,51,55). The Kier molecular flexibility index (Phi) is 12.3. The normalized spacial score (nSPS) is 18.6. The number of amides is 2. The van der Waals surface area contributed by atoms with E-state index in [1.54, 1.807) is 36.7 Å². The largest absolute Gasteiger partial charge is 0.455 e. The number of sulfonamides is 1. The number of hydrogen-bond acceptors (Lipinski definition) is 12. The van der Waals surface area contributed by atoms with Gasteiger partial charge in [0.05, 0.1) is 35.1 Å². The Hall–Kier alpha value is -5.39. The molecule has 62 heavy (non-hydrogen) atoms. The van der Waals surface area contributed by atoms with Crippen LogP contribution in [-0.4, -0.2) is 106 Å². The third kappa shape index (κ3) is 9.49. The van der Waals surface area contributed by atoms with Gasteiger partial charge >= 0.3 is 0 Å². The van der Waals surface area contributed by atoms with Crippen LogP contribution in [0.2, 0.25) is 5.02 Å². The summed E-state index contributed by atoms with van der Waals surface area (Å²) in [7, 11) is -2.90. The number of halogens is 1. The van der Waals surface area contributed by atoms with Crippen molar-refractivity contribution in [1.82, 2.24) is 24.5 Å². The summed E-state index contributed by atoms with van der Waals surface area (Å²) in [5.41, 5.74) is 7.75. The number of aromatic amines is 1. The van der Waals surface area contributed by atoms with Crippen molar-refractivity contribution in [2.75, 3.05) is 75.3 Å². The van der Waals surface area contributed by atoms with Crippen molar-refractivity contribution in [1.29, 1.82) is 0 Å². The number of pyridine rings is 1. The van der Waals surface area contributed by atoms with Gasteiger partial charge in [0.25, 0.3) is 15.9 Å². The summed E-state index contributed by atoms with van der Waals surface area (Å²) in [6.45, 7) is 6.41. The molecule has 0 bridgehead atoms. The molecule has 2 saturated heterocycles. The van der Waals surface area contributed by atoms with Crippen LogP contribution in [0.25, 0.3) is 11.0 Å². The topological polar surface area (TPSA) is 170 Å². The van der Waals surface area contributed by atoms with E-state index in [1.165, 1.54) is 24.8 Å². The highest BCUT2D eigenvalue weighted by Gasteiger charge is 2.39. The molecule has 1 unspecified atom stereocenters. The van der Waals surface area contributed by atoms with E-state index in [1.807, 2.05) is 30.3 Å². The number of nitrogens with one attached hydrogen (secondary N) is 4. The number of carbonyl (C=O) groups is 2. The van der Waals surface area contributed by atoms with Gasteiger partial charge in [-0.1, -0.05) is 17.7 Å². The van der Waals surface area contributed by atoms with Crippen LogP contribution in [0, 0.1) is 11.8 Å². The molecule has 2 amide bonds. The van der Waals surface area contributed by atoms with Crippen LogP contribution < -0.4 is 25.2 Å². The number of rotatable bonds is 14. The van der Waals surface area contributed by atoms with Crippen LogP contribution in [0.5, 0.6) is 11.5 Å². The summed E-state index contributed by atoms with van der Waals surface area (Å²) in [6.07, 6.45) is 7.90. The molecular formula is C45H51ClN8O7S. The molecule has 1 aliphatic carbocycles. The van der Waals surface area contributed by atoms with Crippen LogP contribution in [-0.2, 0) is 37.4 Å². The number of ether oxygens (including phenoxy) is 2. The molecule has 1 atom stereocenters. The molecule has 326 valence electrons. The molecule has 3 aliphatic heterocycles. The number of H-pyrrole nitrogens is 1. The molecule has 4 aliphatic rings. The van der Waals surface area contributed by atoms with Gasteiger partial charge in [0.2, 0.25) is 5.91 Å². The lowest BCUT2D eigenvalue weighted by molar-refractivity contribution is -0.136. The van der Waals surface area contributed by atoms with Crippen LogP contribution in [0.4, 0.5) is 17.1 Å². The number of nitrogens with zero attached hydrogens (tertiary/aromatic N) is 4. The highest BCUT2D eigenvalue weighted by molar-refractivity contribution is 7.90. The second-order valence-electron chi connectivity index (χ2n) is 16.6. The van der Waals surface area contributed by atoms with Crippen molar-refractivity contribution in [3.8, 4) is 11.5 Å². The fourth-order valence-corrected chi connectivity index (χ4v) is 9.84. The van der Waals surface area contributed by atoms with Gasteiger partial charge < -0.3 is 29.6 Å². The van der Waals surface area contributed by atoms with Gasteiger partial charge in [-0.25, -0.2) is 18.1 Å². The molecule has 5 aromatic rings. The Morgan fingerprint density at radius 1 is 0.935 bits per heavy atom. The third-order valence-corrected chi connectivity index (χ3v) is 13.9. The molecule has 2 aromatic heterocycles. The van der Waals surface area contributed by atoms with E-state index in [2.05, 4.69) is 40.2 Å². The smallest absolute Gasteiger partial charge is 0.268 e. The van der Waals surface area contributed by atoms with Crippen molar-refractivity contribution in [3.63, 3.8) is 0 Å². The first-order chi connectivity index (χ1) is 30.1. The van der Waals surface area contributed by atoms with Crippen molar-refractivity contribution >= 4 is 61.5 Å². The van der Waals surface area contributed by atoms with Gasteiger partial charge in [-0.05, 0) is 104 Å². The van der Waals surface area contributed by atoms with Gasteiger partial charge in [-0.3, -0.25) is 24.8 Å². The highest BCUT2D eigenvalue weighted by atomic mass is 35.5. The Labute approximate surface area is 366 Å². The third-order valence-electron chi connectivity index (χ3n) is 12.3. The molecule has 5 heterocycles. The zero-order valence-electron chi connectivity index (χ0n) is 34.6. The molecule has 17 heteroatoms. The second kappa shape index (κ2) is 18.1. The first-order valence-electron chi connectivity index (χ1n) is 21.2. The molecule has 0 spiro atoms. The summed E-state index contributed by atoms with van der Waals surface area (Å²) in [6, 6.07) is 19.4. The van der Waals surface area contributed by atoms with E-state index < -0.39 is 15.9 Å².